The van der Waals surface area contributed by atoms with E-state index in [0.717, 1.165) is 31.3 Å². The van der Waals surface area contributed by atoms with Crippen LogP contribution in [0.1, 0.15) is 80.3 Å². The summed E-state index contributed by atoms with van der Waals surface area (Å²) in [7, 11) is 0. The zero-order valence-corrected chi connectivity index (χ0v) is 16.0. The largest absolute Gasteiger partial charge is 0.508 e. The third kappa shape index (κ3) is 4.12. The van der Waals surface area contributed by atoms with E-state index in [4.69, 9.17) is 0 Å². The fourth-order valence-corrected chi connectivity index (χ4v) is 4.00. The lowest BCUT2D eigenvalue weighted by atomic mass is 9.72. The molecule has 1 aliphatic carbocycles. The Bertz CT molecular complexity index is 730. The summed E-state index contributed by atoms with van der Waals surface area (Å²) in [6.07, 6.45) is 6.97. The number of carbonyl (C=O) groups is 1. The van der Waals surface area contributed by atoms with E-state index in [-0.39, 0.29) is 28.9 Å². The van der Waals surface area contributed by atoms with Gasteiger partial charge in [0.2, 0.25) is 0 Å². The molecule has 1 aromatic rings. The van der Waals surface area contributed by atoms with Gasteiger partial charge in [-0.15, -0.1) is 0 Å². The van der Waals surface area contributed by atoms with Crippen LogP contribution in [0.25, 0.3) is 0 Å². The molecule has 4 heteroatoms. The van der Waals surface area contributed by atoms with Gasteiger partial charge in [0.25, 0.3) is 0 Å². The standard InChI is InChI=1S/C22H30O4/c1-5-6-7-8-15-12-18(23)20(21(24)19(15)22(25)26)17-11-14(4)9-10-16(17)13(2)3/h9,12,16-17,23-24H,2,5-8,10-11H2,1,3-4H3,(H,25,26)/t16-,17+/m0/s1. The van der Waals surface area contributed by atoms with Crippen molar-refractivity contribution in [3.63, 3.8) is 0 Å². The molecule has 26 heavy (non-hydrogen) atoms. The Balaban J connectivity index is 2.55. The van der Waals surface area contributed by atoms with Crippen molar-refractivity contribution in [2.24, 2.45) is 5.92 Å². The van der Waals surface area contributed by atoms with Gasteiger partial charge >= 0.3 is 5.97 Å². The minimum Gasteiger partial charge on any atom is -0.508 e. The van der Waals surface area contributed by atoms with Gasteiger partial charge in [-0.2, -0.15) is 0 Å². The van der Waals surface area contributed by atoms with Crippen LogP contribution in [-0.2, 0) is 6.42 Å². The van der Waals surface area contributed by atoms with Crippen molar-refractivity contribution in [3.8, 4) is 11.5 Å². The third-order valence-electron chi connectivity index (χ3n) is 5.42. The number of hydrogen-bond acceptors (Lipinski definition) is 3. The van der Waals surface area contributed by atoms with Gasteiger partial charge in [-0.1, -0.05) is 43.6 Å². The highest BCUT2D eigenvalue weighted by atomic mass is 16.4. The molecule has 0 amide bonds. The molecule has 0 unspecified atom stereocenters. The van der Waals surface area contributed by atoms with E-state index in [1.165, 1.54) is 11.6 Å². The first-order chi connectivity index (χ1) is 12.3. The number of phenolic OH excluding ortho intramolecular Hbond substituents is 1. The molecule has 0 fully saturated rings. The van der Waals surface area contributed by atoms with Crippen LogP contribution in [0.15, 0.2) is 29.9 Å². The molecule has 0 bridgehead atoms. The van der Waals surface area contributed by atoms with Crippen LogP contribution in [0.2, 0.25) is 0 Å². The Labute approximate surface area is 155 Å². The third-order valence-corrected chi connectivity index (χ3v) is 5.42. The maximum Gasteiger partial charge on any atom is 0.339 e. The predicted molar refractivity (Wildman–Crippen MR) is 104 cm³/mol. The van der Waals surface area contributed by atoms with E-state index in [1.807, 2.05) is 13.8 Å². The topological polar surface area (TPSA) is 77.8 Å². The smallest absolute Gasteiger partial charge is 0.339 e. The number of hydrogen-bond donors (Lipinski definition) is 3. The fraction of sp³-hybridized carbons (Fsp3) is 0.500. The van der Waals surface area contributed by atoms with E-state index in [0.29, 0.717) is 24.0 Å². The maximum atomic E-state index is 11.8. The summed E-state index contributed by atoms with van der Waals surface area (Å²) in [4.78, 5) is 11.8. The second-order valence-corrected chi connectivity index (χ2v) is 7.50. The Morgan fingerprint density at radius 3 is 2.58 bits per heavy atom. The lowest BCUT2D eigenvalue weighted by molar-refractivity contribution is 0.0692. The number of carboxylic acids is 1. The number of unbranched alkanes of at least 4 members (excludes halogenated alkanes) is 2. The van der Waals surface area contributed by atoms with Crippen LogP contribution in [0.4, 0.5) is 0 Å². The van der Waals surface area contributed by atoms with E-state index < -0.39 is 5.97 Å². The second kappa shape index (κ2) is 8.43. The minimum atomic E-state index is -1.15. The number of aromatic hydroxyl groups is 2. The Hall–Kier alpha value is -2.23. The van der Waals surface area contributed by atoms with Crippen molar-refractivity contribution in [2.75, 3.05) is 0 Å². The van der Waals surface area contributed by atoms with Crippen LogP contribution in [0, 0.1) is 5.92 Å². The lowest BCUT2D eigenvalue weighted by Crippen LogP contribution is -2.19. The van der Waals surface area contributed by atoms with Crippen LogP contribution in [0.5, 0.6) is 11.5 Å². The summed E-state index contributed by atoms with van der Waals surface area (Å²) in [5, 5.41) is 31.2. The number of allylic oxidation sites excluding steroid dienone is 3. The minimum absolute atomic E-state index is 0.00931. The maximum absolute atomic E-state index is 11.8. The van der Waals surface area contributed by atoms with Crippen LogP contribution in [-0.4, -0.2) is 21.3 Å². The zero-order chi connectivity index (χ0) is 19.4. The SMILES string of the molecule is C=C(C)[C@@H]1CC=C(C)C[C@H]1c1c(O)cc(CCCCC)c(C(=O)O)c1O. The van der Waals surface area contributed by atoms with Crippen molar-refractivity contribution >= 4 is 5.97 Å². The zero-order valence-electron chi connectivity index (χ0n) is 16.0. The summed E-state index contributed by atoms with van der Waals surface area (Å²) < 4.78 is 0. The van der Waals surface area contributed by atoms with Gasteiger partial charge in [0, 0.05) is 11.5 Å². The number of aryl methyl sites for hydroxylation is 1. The lowest BCUT2D eigenvalue weighted by Gasteiger charge is -2.33. The van der Waals surface area contributed by atoms with Gasteiger partial charge in [-0.3, -0.25) is 0 Å². The highest BCUT2D eigenvalue weighted by Crippen LogP contribution is 2.48. The molecule has 0 heterocycles. The fourth-order valence-electron chi connectivity index (χ4n) is 4.00. The number of carboxylic acid groups (broad SMARTS) is 1. The molecule has 0 aromatic heterocycles. The molecule has 0 saturated heterocycles. The first-order valence-corrected chi connectivity index (χ1v) is 9.39. The summed E-state index contributed by atoms with van der Waals surface area (Å²) in [6.45, 7) is 10.1. The number of phenols is 2. The monoisotopic (exact) mass is 358 g/mol. The molecule has 0 radical (unpaired) electrons. The Kier molecular flexibility index (Phi) is 6.52. The van der Waals surface area contributed by atoms with Gasteiger partial charge in [-0.25, -0.2) is 4.79 Å². The van der Waals surface area contributed by atoms with E-state index in [9.17, 15) is 20.1 Å². The summed E-state index contributed by atoms with van der Waals surface area (Å²) in [6, 6.07) is 1.54. The highest BCUT2D eigenvalue weighted by Gasteiger charge is 2.33. The molecule has 0 spiro atoms. The number of aromatic carboxylic acids is 1. The molecule has 4 nitrogen and oxygen atoms in total. The van der Waals surface area contributed by atoms with Gasteiger partial charge in [0.05, 0.1) is 0 Å². The van der Waals surface area contributed by atoms with Gasteiger partial charge in [0.1, 0.15) is 17.1 Å². The molecular weight excluding hydrogens is 328 g/mol. The molecule has 3 N–H and O–H groups in total. The average molecular weight is 358 g/mol. The van der Waals surface area contributed by atoms with Crippen LogP contribution in [0.3, 0.4) is 0 Å². The van der Waals surface area contributed by atoms with Crippen LogP contribution >= 0.6 is 0 Å². The first kappa shape index (κ1) is 20.1. The second-order valence-electron chi connectivity index (χ2n) is 7.50. The first-order valence-electron chi connectivity index (χ1n) is 9.39. The van der Waals surface area contributed by atoms with Gasteiger partial charge < -0.3 is 15.3 Å². The molecule has 0 aliphatic heterocycles. The van der Waals surface area contributed by atoms with Crippen molar-refractivity contribution in [2.45, 2.75) is 65.2 Å². The van der Waals surface area contributed by atoms with E-state index in [1.54, 1.807) is 0 Å². The summed E-state index contributed by atoms with van der Waals surface area (Å²) >= 11 is 0. The number of rotatable bonds is 7. The van der Waals surface area contributed by atoms with Crippen molar-refractivity contribution < 1.29 is 20.1 Å². The Morgan fingerprint density at radius 1 is 1.31 bits per heavy atom. The summed E-state index contributed by atoms with van der Waals surface area (Å²) in [5.74, 6) is -1.53. The van der Waals surface area contributed by atoms with E-state index >= 15 is 0 Å². The quantitative estimate of drug-likeness (QED) is 0.441. The summed E-state index contributed by atoms with van der Waals surface area (Å²) in [5.41, 5.74) is 2.93. The predicted octanol–water partition coefficient (Wildman–Crippen LogP) is 5.54. The van der Waals surface area contributed by atoms with Crippen LogP contribution < -0.4 is 0 Å². The van der Waals surface area contributed by atoms with Crippen molar-refractivity contribution in [3.05, 3.63) is 46.6 Å². The van der Waals surface area contributed by atoms with Gasteiger partial charge in [0.15, 0.2) is 0 Å². The molecule has 142 valence electrons. The molecule has 0 saturated carbocycles. The van der Waals surface area contributed by atoms with Crippen molar-refractivity contribution in [1.82, 2.24) is 0 Å². The average Bonchev–Trinajstić information content (AvgIpc) is 2.54. The molecular formula is C22H30O4. The van der Waals surface area contributed by atoms with Crippen molar-refractivity contribution in [1.29, 1.82) is 0 Å². The van der Waals surface area contributed by atoms with E-state index in [2.05, 4.69) is 19.6 Å². The number of benzene rings is 1. The molecule has 2 atom stereocenters. The highest BCUT2D eigenvalue weighted by molar-refractivity contribution is 5.93. The van der Waals surface area contributed by atoms with Gasteiger partial charge in [-0.05, 0) is 57.1 Å². The molecule has 2 rings (SSSR count). The molecule has 1 aliphatic rings. The Morgan fingerprint density at radius 2 is 2.00 bits per heavy atom. The normalized spacial score (nSPS) is 19.9. The molecule has 1 aromatic carbocycles.